The average molecular weight is 428 g/mol. The van der Waals surface area contributed by atoms with E-state index >= 15 is 0 Å². The van der Waals surface area contributed by atoms with Gasteiger partial charge in [-0.15, -0.1) is 0 Å². The standard InChI is InChI=1S/C26H24N2O4/c1-5-24(30)27-17-9-10-23(32-25-15(2)7-6-8-16(25)3)20(11-17)22-14-28(4)26(31)21-13-18(29)12-19(21)22/h5-11,14H,1,12-13H2,2-4H3,(H,27,30). The summed E-state index contributed by atoms with van der Waals surface area (Å²) < 4.78 is 7.85. The van der Waals surface area contributed by atoms with Gasteiger partial charge in [-0.1, -0.05) is 24.8 Å². The first-order valence-electron chi connectivity index (χ1n) is 10.3. The molecular formula is C26H24N2O4. The number of benzene rings is 2. The summed E-state index contributed by atoms with van der Waals surface area (Å²) in [6.07, 6.45) is 3.26. The van der Waals surface area contributed by atoms with Gasteiger partial charge in [-0.25, -0.2) is 0 Å². The number of nitrogens with zero attached hydrogens (tertiary/aromatic N) is 1. The first-order chi connectivity index (χ1) is 15.3. The number of pyridine rings is 1. The van der Waals surface area contributed by atoms with Crippen LogP contribution in [0.25, 0.3) is 11.1 Å². The molecule has 0 radical (unpaired) electrons. The fourth-order valence-electron chi connectivity index (χ4n) is 4.08. The molecule has 0 spiro atoms. The molecule has 1 aliphatic carbocycles. The van der Waals surface area contributed by atoms with E-state index in [2.05, 4.69) is 11.9 Å². The van der Waals surface area contributed by atoms with Crippen molar-refractivity contribution in [2.24, 2.45) is 7.05 Å². The fraction of sp³-hybridized carbons (Fsp3) is 0.192. The van der Waals surface area contributed by atoms with Crippen LogP contribution in [-0.2, 0) is 29.5 Å². The quantitative estimate of drug-likeness (QED) is 0.616. The molecule has 162 valence electrons. The van der Waals surface area contributed by atoms with Crippen molar-refractivity contribution in [2.45, 2.75) is 26.7 Å². The first kappa shape index (κ1) is 21.3. The molecule has 1 amide bonds. The Hall–Kier alpha value is -3.93. The Morgan fingerprint density at radius 3 is 2.44 bits per heavy atom. The second-order valence-corrected chi connectivity index (χ2v) is 8.04. The van der Waals surface area contributed by atoms with Gasteiger partial charge in [0.15, 0.2) is 0 Å². The average Bonchev–Trinajstić information content (AvgIpc) is 3.16. The predicted octanol–water partition coefficient (Wildman–Crippen LogP) is 4.25. The number of aryl methyl sites for hydroxylation is 3. The Balaban J connectivity index is 1.93. The topological polar surface area (TPSA) is 77.4 Å². The van der Waals surface area contributed by atoms with Crippen LogP contribution in [0, 0.1) is 13.8 Å². The highest BCUT2D eigenvalue weighted by Crippen LogP contribution is 2.40. The van der Waals surface area contributed by atoms with Crippen molar-refractivity contribution in [1.82, 2.24) is 4.57 Å². The number of para-hydroxylation sites is 1. The lowest BCUT2D eigenvalue weighted by Crippen LogP contribution is -2.21. The predicted molar refractivity (Wildman–Crippen MR) is 124 cm³/mol. The number of carbonyl (C=O) groups excluding carboxylic acids is 2. The van der Waals surface area contributed by atoms with E-state index in [9.17, 15) is 14.4 Å². The van der Waals surface area contributed by atoms with Gasteiger partial charge in [0, 0.05) is 48.5 Å². The minimum absolute atomic E-state index is 0.0119. The molecular weight excluding hydrogens is 404 g/mol. The smallest absolute Gasteiger partial charge is 0.254 e. The molecule has 2 aromatic carbocycles. The van der Waals surface area contributed by atoms with E-state index in [1.54, 1.807) is 31.4 Å². The molecule has 0 unspecified atom stereocenters. The Morgan fingerprint density at radius 2 is 1.75 bits per heavy atom. The second kappa shape index (κ2) is 8.30. The van der Waals surface area contributed by atoms with Crippen molar-refractivity contribution in [1.29, 1.82) is 0 Å². The van der Waals surface area contributed by atoms with E-state index in [4.69, 9.17) is 4.74 Å². The molecule has 4 rings (SSSR count). The molecule has 0 atom stereocenters. The lowest BCUT2D eigenvalue weighted by molar-refractivity contribution is -0.117. The number of Topliss-reactive ketones (excluding diaryl/α,β-unsaturated/α-hetero) is 1. The van der Waals surface area contributed by atoms with Crippen LogP contribution in [-0.4, -0.2) is 16.3 Å². The molecule has 1 aromatic heterocycles. The van der Waals surface area contributed by atoms with Crippen LogP contribution in [0.15, 0.2) is 60.0 Å². The lowest BCUT2D eigenvalue weighted by atomic mass is 9.97. The van der Waals surface area contributed by atoms with Crippen molar-refractivity contribution >= 4 is 17.4 Å². The lowest BCUT2D eigenvalue weighted by Gasteiger charge is -2.18. The molecule has 1 N–H and O–H groups in total. The normalized spacial score (nSPS) is 12.4. The Labute approximate surface area is 186 Å². The summed E-state index contributed by atoms with van der Waals surface area (Å²) in [6, 6.07) is 11.3. The molecule has 0 aliphatic heterocycles. The third kappa shape index (κ3) is 3.87. The summed E-state index contributed by atoms with van der Waals surface area (Å²) in [5.41, 5.74) is 5.04. The second-order valence-electron chi connectivity index (χ2n) is 8.04. The summed E-state index contributed by atoms with van der Waals surface area (Å²) in [7, 11) is 1.67. The number of ketones is 1. The fourth-order valence-corrected chi connectivity index (χ4v) is 4.08. The largest absolute Gasteiger partial charge is 0.456 e. The SMILES string of the molecule is C=CC(=O)Nc1ccc(Oc2c(C)cccc2C)c(-c2cn(C)c(=O)c3c2CC(=O)C3)c1. The van der Waals surface area contributed by atoms with E-state index in [0.717, 1.165) is 28.0 Å². The molecule has 1 aliphatic rings. The zero-order valence-corrected chi connectivity index (χ0v) is 18.3. The molecule has 1 heterocycles. The van der Waals surface area contributed by atoms with Crippen molar-refractivity contribution < 1.29 is 14.3 Å². The van der Waals surface area contributed by atoms with Crippen LogP contribution in [0.1, 0.15) is 22.3 Å². The number of hydrogen-bond donors (Lipinski definition) is 1. The number of carbonyl (C=O) groups is 2. The molecule has 32 heavy (non-hydrogen) atoms. The van der Waals surface area contributed by atoms with E-state index in [-0.39, 0.29) is 30.1 Å². The van der Waals surface area contributed by atoms with Gasteiger partial charge in [-0.3, -0.25) is 14.4 Å². The Bertz CT molecular complexity index is 1310. The third-order valence-electron chi connectivity index (χ3n) is 5.68. The molecule has 6 nitrogen and oxygen atoms in total. The van der Waals surface area contributed by atoms with E-state index in [0.29, 0.717) is 22.6 Å². The Morgan fingerprint density at radius 1 is 1.06 bits per heavy atom. The molecule has 0 bridgehead atoms. The van der Waals surface area contributed by atoms with Gasteiger partial charge in [0.2, 0.25) is 5.91 Å². The maximum atomic E-state index is 12.6. The highest BCUT2D eigenvalue weighted by molar-refractivity contribution is 6.00. The monoisotopic (exact) mass is 428 g/mol. The van der Waals surface area contributed by atoms with Crippen molar-refractivity contribution in [3.63, 3.8) is 0 Å². The van der Waals surface area contributed by atoms with Crippen LogP contribution >= 0.6 is 0 Å². The number of fused-ring (bicyclic) bond motifs is 1. The van der Waals surface area contributed by atoms with Gasteiger partial charge in [-0.2, -0.15) is 0 Å². The minimum Gasteiger partial charge on any atom is -0.456 e. The zero-order valence-electron chi connectivity index (χ0n) is 18.3. The van der Waals surface area contributed by atoms with Gasteiger partial charge in [0.1, 0.15) is 17.3 Å². The molecule has 0 fully saturated rings. The highest BCUT2D eigenvalue weighted by Gasteiger charge is 2.27. The van der Waals surface area contributed by atoms with E-state index in [1.807, 2.05) is 32.0 Å². The maximum absolute atomic E-state index is 12.6. The Kier molecular flexibility index (Phi) is 5.53. The number of amides is 1. The summed E-state index contributed by atoms with van der Waals surface area (Å²) in [6.45, 7) is 7.45. The number of hydrogen-bond acceptors (Lipinski definition) is 4. The van der Waals surface area contributed by atoms with Gasteiger partial charge < -0.3 is 14.6 Å². The van der Waals surface area contributed by atoms with Crippen LogP contribution in [0.3, 0.4) is 0 Å². The van der Waals surface area contributed by atoms with Gasteiger partial charge in [-0.05, 0) is 54.8 Å². The molecule has 0 saturated heterocycles. The number of rotatable bonds is 5. The van der Waals surface area contributed by atoms with E-state index < -0.39 is 0 Å². The number of ether oxygens (including phenoxy) is 1. The van der Waals surface area contributed by atoms with Crippen LogP contribution in [0.2, 0.25) is 0 Å². The highest BCUT2D eigenvalue weighted by atomic mass is 16.5. The third-order valence-corrected chi connectivity index (χ3v) is 5.68. The zero-order chi connectivity index (χ0) is 23.0. The summed E-state index contributed by atoms with van der Waals surface area (Å²) in [5.74, 6) is 0.992. The van der Waals surface area contributed by atoms with Gasteiger partial charge in [0.25, 0.3) is 5.56 Å². The van der Waals surface area contributed by atoms with Crippen molar-refractivity contribution in [3.05, 3.63) is 87.9 Å². The van der Waals surface area contributed by atoms with Gasteiger partial charge >= 0.3 is 0 Å². The van der Waals surface area contributed by atoms with Crippen LogP contribution < -0.4 is 15.6 Å². The summed E-state index contributed by atoms with van der Waals surface area (Å²) in [5, 5.41) is 2.77. The van der Waals surface area contributed by atoms with Gasteiger partial charge in [0.05, 0.1) is 0 Å². The van der Waals surface area contributed by atoms with Crippen molar-refractivity contribution in [2.75, 3.05) is 5.32 Å². The molecule has 3 aromatic rings. The molecule has 0 saturated carbocycles. The van der Waals surface area contributed by atoms with Crippen molar-refractivity contribution in [3.8, 4) is 22.6 Å². The number of nitrogens with one attached hydrogen (secondary N) is 1. The number of aromatic nitrogens is 1. The summed E-state index contributed by atoms with van der Waals surface area (Å²) in [4.78, 5) is 36.7. The maximum Gasteiger partial charge on any atom is 0.254 e. The van der Waals surface area contributed by atoms with Crippen LogP contribution in [0.4, 0.5) is 5.69 Å². The number of anilines is 1. The first-order valence-corrected chi connectivity index (χ1v) is 10.3. The minimum atomic E-state index is -0.333. The summed E-state index contributed by atoms with van der Waals surface area (Å²) >= 11 is 0. The molecule has 6 heteroatoms. The van der Waals surface area contributed by atoms with Crippen LogP contribution in [0.5, 0.6) is 11.5 Å². The van der Waals surface area contributed by atoms with E-state index in [1.165, 1.54) is 10.6 Å².